The van der Waals surface area contributed by atoms with Crippen molar-refractivity contribution in [1.82, 2.24) is 0 Å². The molecule has 0 aromatic rings. The van der Waals surface area contributed by atoms with E-state index in [2.05, 4.69) is 34.1 Å². The van der Waals surface area contributed by atoms with Crippen LogP contribution in [0.3, 0.4) is 0 Å². The molecule has 0 aromatic heterocycles. The predicted molar refractivity (Wildman–Crippen MR) is 80.5 cm³/mol. The minimum absolute atomic E-state index is 0.826. The summed E-state index contributed by atoms with van der Waals surface area (Å²) in [6.45, 7) is 9.09. The Hall–Kier alpha value is 0.943. The zero-order valence-corrected chi connectivity index (χ0v) is 16.0. The van der Waals surface area contributed by atoms with Crippen molar-refractivity contribution in [2.24, 2.45) is 0 Å². The van der Waals surface area contributed by atoms with Gasteiger partial charge in [0.05, 0.1) is 0 Å². The molecule has 0 aliphatic heterocycles. The van der Waals surface area contributed by atoms with E-state index in [1.807, 2.05) is 0 Å². The zero-order chi connectivity index (χ0) is 14.0. The summed E-state index contributed by atoms with van der Waals surface area (Å²) in [5.41, 5.74) is 6.35. The third kappa shape index (κ3) is 6.92. The molecule has 3 heteroatoms. The van der Waals surface area contributed by atoms with E-state index in [0.717, 1.165) is 0 Å². The number of rotatable bonds is 6. The predicted octanol–water partition coefficient (Wildman–Crippen LogP) is 6.59. The number of allylic oxidation sites excluding steroid dienone is 4. The van der Waals surface area contributed by atoms with E-state index in [0.29, 0.717) is 0 Å². The van der Waals surface area contributed by atoms with Crippen molar-refractivity contribution < 1.29 is 20.8 Å². The molecule has 18 heavy (non-hydrogen) atoms. The van der Waals surface area contributed by atoms with Gasteiger partial charge in [-0.15, -0.1) is 0 Å². The van der Waals surface area contributed by atoms with Crippen molar-refractivity contribution in [1.29, 1.82) is 0 Å². The van der Waals surface area contributed by atoms with Crippen molar-refractivity contribution in [2.45, 2.75) is 66.2 Å². The quantitative estimate of drug-likeness (QED) is 0.496. The van der Waals surface area contributed by atoms with Gasteiger partial charge in [-0.05, 0) is 50.7 Å². The fraction of sp³-hybridized carbons (Fsp3) is 0.667. The molecule has 0 saturated carbocycles. The van der Waals surface area contributed by atoms with Crippen molar-refractivity contribution in [3.63, 3.8) is 0 Å². The van der Waals surface area contributed by atoms with Gasteiger partial charge in [-0.2, -0.15) is 0 Å². The van der Waals surface area contributed by atoms with Crippen LogP contribution in [0, 0.1) is 6.42 Å². The number of halogens is 2. The van der Waals surface area contributed by atoms with E-state index in [-0.39, 0.29) is 0 Å². The van der Waals surface area contributed by atoms with Gasteiger partial charge in [0.15, 0.2) is 0 Å². The molecule has 0 atom stereocenters. The van der Waals surface area contributed by atoms with E-state index < -0.39 is 20.8 Å². The molecule has 0 unspecified atom stereocenters. The van der Waals surface area contributed by atoms with Gasteiger partial charge < -0.3 is 0 Å². The molecule has 0 spiro atoms. The molecule has 0 fully saturated rings. The van der Waals surface area contributed by atoms with Crippen molar-refractivity contribution >= 4 is 17.0 Å². The Morgan fingerprint density at radius 2 is 1.22 bits per heavy atom. The Morgan fingerprint density at radius 3 is 1.50 bits per heavy atom. The Morgan fingerprint density at radius 1 is 0.889 bits per heavy atom. The van der Waals surface area contributed by atoms with Crippen LogP contribution in [0.1, 0.15) is 66.2 Å². The third-order valence-electron chi connectivity index (χ3n) is 3.31. The average Bonchev–Trinajstić information content (AvgIpc) is 2.59. The van der Waals surface area contributed by atoms with Crippen molar-refractivity contribution in [3.8, 4) is 0 Å². The SMILES string of the molecule is CCCCC1=C(C)[CH]C(C)=C1CCCC.[Cl][Zr][Cl]. The van der Waals surface area contributed by atoms with E-state index in [9.17, 15) is 0 Å². The molecule has 0 amide bonds. The molecule has 1 aliphatic rings. The Balaban J connectivity index is 0.000000873. The van der Waals surface area contributed by atoms with Gasteiger partial charge >= 0.3 is 37.9 Å². The Labute approximate surface area is 132 Å². The van der Waals surface area contributed by atoms with E-state index in [1.54, 1.807) is 11.1 Å². The second kappa shape index (κ2) is 11.7. The molecule has 0 bridgehead atoms. The molecule has 0 saturated heterocycles. The first kappa shape index (κ1) is 18.9. The summed E-state index contributed by atoms with van der Waals surface area (Å²) >= 11 is -0.826. The third-order valence-corrected chi connectivity index (χ3v) is 3.31. The second-order valence-corrected chi connectivity index (χ2v) is 8.48. The number of hydrogen-bond acceptors (Lipinski definition) is 0. The van der Waals surface area contributed by atoms with Crippen LogP contribution in [-0.2, 0) is 20.8 Å². The molecule has 0 aromatic carbocycles. The fourth-order valence-corrected chi connectivity index (χ4v) is 2.38. The molecule has 0 nitrogen and oxygen atoms in total. The van der Waals surface area contributed by atoms with Crippen LogP contribution in [0.2, 0.25) is 0 Å². The van der Waals surface area contributed by atoms with Crippen LogP contribution in [-0.4, -0.2) is 0 Å². The maximum absolute atomic E-state index is 4.93. The first-order chi connectivity index (χ1) is 8.62. The number of hydrogen-bond donors (Lipinski definition) is 0. The van der Waals surface area contributed by atoms with Crippen LogP contribution in [0.15, 0.2) is 22.3 Å². The van der Waals surface area contributed by atoms with E-state index in [4.69, 9.17) is 17.0 Å². The molecule has 1 radical (unpaired) electrons. The van der Waals surface area contributed by atoms with Crippen LogP contribution in [0.25, 0.3) is 0 Å². The van der Waals surface area contributed by atoms with Gasteiger partial charge in [0.1, 0.15) is 0 Å². The summed E-state index contributed by atoms with van der Waals surface area (Å²) in [5, 5.41) is 0. The average molecular weight is 367 g/mol. The summed E-state index contributed by atoms with van der Waals surface area (Å²) in [4.78, 5) is 0. The zero-order valence-electron chi connectivity index (χ0n) is 12.1. The van der Waals surface area contributed by atoms with Crippen LogP contribution in [0.4, 0.5) is 0 Å². The topological polar surface area (TPSA) is 0 Å². The monoisotopic (exact) mass is 365 g/mol. The minimum atomic E-state index is -0.826. The summed E-state index contributed by atoms with van der Waals surface area (Å²) in [7, 11) is 9.87. The van der Waals surface area contributed by atoms with Gasteiger partial charge in [-0.25, -0.2) is 0 Å². The number of unbranched alkanes of at least 4 members (excludes halogenated alkanes) is 2. The summed E-state index contributed by atoms with van der Waals surface area (Å²) in [6.07, 6.45) is 10.2. The van der Waals surface area contributed by atoms with Crippen LogP contribution < -0.4 is 0 Å². The van der Waals surface area contributed by atoms with Crippen LogP contribution in [0.5, 0.6) is 0 Å². The molecular weight excluding hydrogens is 342 g/mol. The van der Waals surface area contributed by atoms with Crippen LogP contribution >= 0.6 is 17.0 Å². The molecular formula is C15H25Cl2Zr. The standard InChI is InChI=1S/C15H25.2ClH.Zr/c1-5-7-9-14-12(3)11-13(4)15(14)10-8-6-2;;;/h11H,5-10H2,1-4H3;2*1H;/q;;;+2/p-2. The summed E-state index contributed by atoms with van der Waals surface area (Å²) < 4.78 is 0. The Bertz CT molecular complexity index is 265. The van der Waals surface area contributed by atoms with E-state index >= 15 is 0 Å². The second-order valence-electron chi connectivity index (χ2n) is 4.75. The van der Waals surface area contributed by atoms with Gasteiger partial charge in [0.2, 0.25) is 0 Å². The van der Waals surface area contributed by atoms with E-state index in [1.165, 1.54) is 49.7 Å². The summed E-state index contributed by atoms with van der Waals surface area (Å²) in [5.74, 6) is 0. The van der Waals surface area contributed by atoms with Gasteiger partial charge in [0, 0.05) is 6.42 Å². The molecule has 103 valence electrons. The molecule has 1 rings (SSSR count). The van der Waals surface area contributed by atoms with Crippen molar-refractivity contribution in [3.05, 3.63) is 28.7 Å². The maximum atomic E-state index is 4.93. The first-order valence-corrected chi connectivity index (χ1v) is 13.2. The van der Waals surface area contributed by atoms with Gasteiger partial charge in [0.25, 0.3) is 0 Å². The molecule has 0 heterocycles. The fourth-order valence-electron chi connectivity index (χ4n) is 2.38. The van der Waals surface area contributed by atoms with Gasteiger partial charge in [-0.3, -0.25) is 0 Å². The first-order valence-electron chi connectivity index (χ1n) is 6.83. The Kier molecular flexibility index (Phi) is 12.4. The molecule has 1 aliphatic carbocycles. The normalized spacial score (nSPS) is 14.8. The van der Waals surface area contributed by atoms with Crippen molar-refractivity contribution in [2.75, 3.05) is 0 Å². The summed E-state index contributed by atoms with van der Waals surface area (Å²) in [6, 6.07) is 0. The van der Waals surface area contributed by atoms with Gasteiger partial charge in [-0.1, -0.05) is 37.8 Å². The molecule has 0 N–H and O–H groups in total.